The second kappa shape index (κ2) is 4.60. The van der Waals surface area contributed by atoms with Crippen LogP contribution in [0.2, 0.25) is 0 Å². The largest absolute Gasteiger partial charge is 0.316 e. The maximum atomic E-state index is 3.16. The molecule has 78 valence electrons. The Bertz CT molecular complexity index is 482. The number of nitrogens with one attached hydrogen (secondary N) is 1. The van der Waals surface area contributed by atoms with Crippen LogP contribution in [0, 0.1) is 0 Å². The summed E-state index contributed by atoms with van der Waals surface area (Å²) < 4.78 is 1.36. The van der Waals surface area contributed by atoms with Crippen molar-refractivity contribution in [1.29, 1.82) is 0 Å². The van der Waals surface area contributed by atoms with Gasteiger partial charge in [0, 0.05) is 11.2 Å². The highest BCUT2D eigenvalue weighted by Gasteiger charge is 2.00. The van der Waals surface area contributed by atoms with Gasteiger partial charge in [0.2, 0.25) is 0 Å². The minimum atomic E-state index is 0.949. The fraction of sp³-hybridized carbons (Fsp3) is 0.231. The molecule has 0 aliphatic rings. The highest BCUT2D eigenvalue weighted by atomic mass is 32.1. The highest BCUT2D eigenvalue weighted by molar-refractivity contribution is 7.17. The monoisotopic (exact) mass is 217 g/mol. The van der Waals surface area contributed by atoms with E-state index in [1.54, 1.807) is 0 Å². The normalized spacial score (nSPS) is 12.3. The molecule has 2 rings (SSSR count). The van der Waals surface area contributed by atoms with Crippen molar-refractivity contribution in [3.63, 3.8) is 0 Å². The van der Waals surface area contributed by atoms with Crippen LogP contribution in [0.1, 0.15) is 12.5 Å². The van der Waals surface area contributed by atoms with E-state index in [9.17, 15) is 0 Å². The first-order valence-corrected chi connectivity index (χ1v) is 5.97. The van der Waals surface area contributed by atoms with Crippen molar-refractivity contribution >= 4 is 27.5 Å². The first-order valence-electron chi connectivity index (χ1n) is 5.09. The Morgan fingerprint density at radius 3 is 3.00 bits per heavy atom. The van der Waals surface area contributed by atoms with E-state index in [1.807, 2.05) is 18.4 Å². The Morgan fingerprint density at radius 2 is 2.20 bits per heavy atom. The summed E-state index contributed by atoms with van der Waals surface area (Å²) in [5, 5.41) is 6.75. The molecule has 0 radical (unpaired) electrons. The highest BCUT2D eigenvalue weighted by Crippen LogP contribution is 2.27. The van der Waals surface area contributed by atoms with Gasteiger partial charge >= 0.3 is 0 Å². The number of hydrogen-bond acceptors (Lipinski definition) is 2. The van der Waals surface area contributed by atoms with Gasteiger partial charge in [0.05, 0.1) is 0 Å². The SMILES string of the molecule is CNCC(C)=Cc1csc2ccccc12. The minimum absolute atomic E-state index is 0.949. The smallest absolute Gasteiger partial charge is 0.0348 e. The molecular weight excluding hydrogens is 202 g/mol. The molecule has 1 aromatic heterocycles. The Kier molecular flexibility index (Phi) is 3.19. The predicted molar refractivity (Wildman–Crippen MR) is 69.4 cm³/mol. The van der Waals surface area contributed by atoms with Gasteiger partial charge < -0.3 is 5.32 Å². The molecule has 0 bridgehead atoms. The zero-order chi connectivity index (χ0) is 10.7. The van der Waals surface area contributed by atoms with Gasteiger partial charge in [-0.05, 0) is 36.4 Å². The summed E-state index contributed by atoms with van der Waals surface area (Å²) in [4.78, 5) is 0. The van der Waals surface area contributed by atoms with Gasteiger partial charge in [-0.25, -0.2) is 0 Å². The van der Waals surface area contributed by atoms with Crippen LogP contribution < -0.4 is 5.32 Å². The minimum Gasteiger partial charge on any atom is -0.316 e. The van der Waals surface area contributed by atoms with E-state index >= 15 is 0 Å². The second-order valence-corrected chi connectivity index (χ2v) is 4.62. The summed E-state index contributed by atoms with van der Waals surface area (Å²) in [6.45, 7) is 3.10. The van der Waals surface area contributed by atoms with Crippen LogP contribution in [-0.4, -0.2) is 13.6 Å². The molecule has 1 aromatic carbocycles. The number of fused-ring (bicyclic) bond motifs is 1. The Morgan fingerprint density at radius 1 is 1.40 bits per heavy atom. The lowest BCUT2D eigenvalue weighted by molar-refractivity contribution is 0.885. The second-order valence-electron chi connectivity index (χ2n) is 3.71. The molecule has 0 amide bonds. The van der Waals surface area contributed by atoms with Crippen molar-refractivity contribution in [2.24, 2.45) is 0 Å². The standard InChI is InChI=1S/C13H15NS/c1-10(8-14-2)7-11-9-15-13-6-4-3-5-12(11)13/h3-7,9,14H,8H2,1-2H3. The molecule has 0 unspecified atom stereocenters. The molecule has 2 heteroatoms. The molecule has 15 heavy (non-hydrogen) atoms. The maximum absolute atomic E-state index is 3.16. The van der Waals surface area contributed by atoms with Gasteiger partial charge in [-0.15, -0.1) is 11.3 Å². The van der Waals surface area contributed by atoms with Crippen LogP contribution in [0.15, 0.2) is 35.2 Å². The fourth-order valence-electron chi connectivity index (χ4n) is 1.71. The molecule has 0 saturated carbocycles. The van der Waals surface area contributed by atoms with Gasteiger partial charge in [-0.3, -0.25) is 0 Å². The quantitative estimate of drug-likeness (QED) is 0.829. The van der Waals surface area contributed by atoms with Gasteiger partial charge in [-0.1, -0.05) is 29.8 Å². The van der Waals surface area contributed by atoms with E-state index in [-0.39, 0.29) is 0 Å². The topological polar surface area (TPSA) is 12.0 Å². The van der Waals surface area contributed by atoms with Crippen LogP contribution in [0.25, 0.3) is 16.2 Å². The van der Waals surface area contributed by atoms with Crippen molar-refractivity contribution in [3.8, 4) is 0 Å². The number of thiophene rings is 1. The average molecular weight is 217 g/mol. The van der Waals surface area contributed by atoms with Crippen molar-refractivity contribution in [2.45, 2.75) is 6.92 Å². The average Bonchev–Trinajstić information content (AvgIpc) is 2.62. The van der Waals surface area contributed by atoms with E-state index in [0.29, 0.717) is 0 Å². The molecule has 0 saturated heterocycles. The summed E-state index contributed by atoms with van der Waals surface area (Å²) in [6.07, 6.45) is 2.26. The summed E-state index contributed by atoms with van der Waals surface area (Å²) in [5.41, 5.74) is 2.70. The number of hydrogen-bond donors (Lipinski definition) is 1. The molecule has 0 atom stereocenters. The summed E-state index contributed by atoms with van der Waals surface area (Å²) in [5.74, 6) is 0. The molecule has 1 N–H and O–H groups in total. The Balaban J connectivity index is 2.40. The van der Waals surface area contributed by atoms with Gasteiger partial charge in [0.1, 0.15) is 0 Å². The first-order chi connectivity index (χ1) is 7.31. The lowest BCUT2D eigenvalue weighted by atomic mass is 10.1. The molecule has 0 aliphatic carbocycles. The predicted octanol–water partition coefficient (Wildman–Crippen LogP) is 3.52. The van der Waals surface area contributed by atoms with E-state index in [4.69, 9.17) is 0 Å². The van der Waals surface area contributed by atoms with E-state index in [2.05, 4.69) is 48.0 Å². The van der Waals surface area contributed by atoms with Crippen LogP contribution in [0.3, 0.4) is 0 Å². The van der Waals surface area contributed by atoms with Gasteiger partial charge in [0.25, 0.3) is 0 Å². The van der Waals surface area contributed by atoms with E-state index in [0.717, 1.165) is 6.54 Å². The van der Waals surface area contributed by atoms with Crippen LogP contribution >= 0.6 is 11.3 Å². The third kappa shape index (κ3) is 2.28. The summed E-state index contributed by atoms with van der Waals surface area (Å²) in [7, 11) is 1.98. The zero-order valence-electron chi connectivity index (χ0n) is 9.08. The molecule has 0 spiro atoms. The number of rotatable bonds is 3. The van der Waals surface area contributed by atoms with E-state index < -0.39 is 0 Å². The molecule has 2 aromatic rings. The van der Waals surface area contributed by atoms with Gasteiger partial charge in [-0.2, -0.15) is 0 Å². The number of likely N-dealkylation sites (N-methyl/N-ethyl adjacent to an activating group) is 1. The van der Waals surface area contributed by atoms with Crippen molar-refractivity contribution in [1.82, 2.24) is 5.32 Å². The fourth-order valence-corrected chi connectivity index (χ4v) is 2.62. The Hall–Kier alpha value is -1.12. The van der Waals surface area contributed by atoms with Gasteiger partial charge in [0.15, 0.2) is 0 Å². The summed E-state index contributed by atoms with van der Waals surface area (Å²) >= 11 is 1.81. The molecule has 0 fully saturated rings. The van der Waals surface area contributed by atoms with Crippen molar-refractivity contribution < 1.29 is 0 Å². The first kappa shape index (κ1) is 10.4. The Labute approximate surface area is 94.4 Å². The van der Waals surface area contributed by atoms with E-state index in [1.165, 1.54) is 21.2 Å². The number of benzene rings is 1. The third-order valence-corrected chi connectivity index (χ3v) is 3.35. The maximum Gasteiger partial charge on any atom is 0.0348 e. The lowest BCUT2D eigenvalue weighted by Gasteiger charge is -1.98. The zero-order valence-corrected chi connectivity index (χ0v) is 9.90. The lowest BCUT2D eigenvalue weighted by Crippen LogP contribution is -2.08. The van der Waals surface area contributed by atoms with Crippen LogP contribution in [0.4, 0.5) is 0 Å². The summed E-state index contributed by atoms with van der Waals surface area (Å²) in [6, 6.07) is 8.54. The molecule has 0 aliphatic heterocycles. The van der Waals surface area contributed by atoms with Crippen LogP contribution in [-0.2, 0) is 0 Å². The molecular formula is C13H15NS. The molecule has 1 nitrogen and oxygen atoms in total. The van der Waals surface area contributed by atoms with Crippen molar-refractivity contribution in [3.05, 3.63) is 40.8 Å². The van der Waals surface area contributed by atoms with Crippen molar-refractivity contribution in [2.75, 3.05) is 13.6 Å². The third-order valence-electron chi connectivity index (χ3n) is 2.37. The van der Waals surface area contributed by atoms with Crippen LogP contribution in [0.5, 0.6) is 0 Å². The molecule has 1 heterocycles.